The molecule has 23 valence electrons. The van der Waals surface area contributed by atoms with Gasteiger partial charge in [0.25, 0.3) is 0 Å². The first-order valence-corrected chi connectivity index (χ1v) is 0.894. The Kier molecular flexibility index (Phi) is 2.10. The van der Waals surface area contributed by atoms with Crippen LogP contribution in [0.15, 0.2) is 0 Å². The van der Waals surface area contributed by atoms with Gasteiger partial charge in [0.05, 0.1) is 0 Å². The van der Waals surface area contributed by atoms with Crippen molar-refractivity contribution in [3.63, 3.8) is 0 Å². The number of nitriles is 2. The average molecular weight is 66.0 g/mol. The fourth-order valence-electron chi connectivity index (χ4n) is 0.0224. The van der Waals surface area contributed by atoms with E-state index in [0.717, 1.165) is 0 Å². The Labute approximate surface area is 29.4 Å². The first kappa shape index (κ1) is 3.78. The third kappa shape index (κ3) is 2.78. The predicted octanol–water partition coefficient (Wildman–Crippen LogP) is -0.447. The van der Waals surface area contributed by atoms with Crippen molar-refractivity contribution in [2.45, 2.75) is 0 Å². The van der Waals surface area contributed by atoms with Crippen LogP contribution in [0.2, 0.25) is 0 Å². The van der Waals surface area contributed by atoms with Crippen LogP contribution in [-0.2, 0) is 0 Å². The minimum Gasteiger partial charge on any atom is -0.170 e. The maximum Gasteiger partial charge on any atom is 0.217 e. The lowest BCUT2D eigenvalue weighted by Crippen LogP contribution is -1.75. The van der Waals surface area contributed by atoms with Crippen LogP contribution in [0.4, 0.5) is 0 Å². The molecule has 0 amide bonds. The molecule has 0 aromatic carbocycles. The van der Waals surface area contributed by atoms with E-state index in [0.29, 0.717) is 0 Å². The molecule has 3 nitrogen and oxygen atoms in total. The number of hydrogen-bond acceptors (Lipinski definition) is 2. The lowest BCUT2D eigenvalue weighted by atomic mass is 11.2. The lowest BCUT2D eigenvalue weighted by Gasteiger charge is -1.48. The Morgan fingerprint density at radius 3 is 1.60 bits per heavy atom. The van der Waals surface area contributed by atoms with Crippen molar-refractivity contribution in [2.24, 2.45) is 0 Å². The molecule has 0 saturated heterocycles. The van der Waals surface area contributed by atoms with Gasteiger partial charge in [0.2, 0.25) is 12.4 Å². The van der Waals surface area contributed by atoms with Gasteiger partial charge in [-0.25, -0.2) is 0 Å². The second-order valence-electron chi connectivity index (χ2n) is 0.312. The van der Waals surface area contributed by atoms with Crippen molar-refractivity contribution >= 4 is 0 Å². The molecule has 0 bridgehead atoms. The van der Waals surface area contributed by atoms with E-state index in [2.05, 4.69) is 5.32 Å². The van der Waals surface area contributed by atoms with Gasteiger partial charge in [0, 0.05) is 0 Å². The quantitative estimate of drug-likeness (QED) is 0.359. The summed E-state index contributed by atoms with van der Waals surface area (Å²) in [5.74, 6) is 0. The van der Waals surface area contributed by atoms with Crippen molar-refractivity contribution in [3.05, 3.63) is 0 Å². The van der Waals surface area contributed by atoms with Gasteiger partial charge in [0.1, 0.15) is 0 Å². The van der Waals surface area contributed by atoms with E-state index in [1.165, 1.54) is 12.4 Å². The van der Waals surface area contributed by atoms with Crippen molar-refractivity contribution in [3.8, 4) is 12.4 Å². The Balaban J connectivity index is 2.86. The van der Waals surface area contributed by atoms with Gasteiger partial charge in [-0.15, -0.1) is 0 Å². The van der Waals surface area contributed by atoms with Crippen LogP contribution in [0.1, 0.15) is 0 Å². The smallest absolute Gasteiger partial charge is 0.170 e. The van der Waals surface area contributed by atoms with Crippen LogP contribution in [0, 0.1) is 22.9 Å². The summed E-state index contributed by atoms with van der Waals surface area (Å²) in [6.45, 7) is 0. The van der Waals surface area contributed by atoms with Crippen LogP contribution >= 0.6 is 0 Å². The molecule has 0 N–H and O–H groups in total. The molecule has 0 aromatic heterocycles. The summed E-state index contributed by atoms with van der Waals surface area (Å²) < 4.78 is 0. The van der Waals surface area contributed by atoms with Gasteiger partial charge >= 0.3 is 0 Å². The molecule has 0 aliphatic rings. The molecular formula is C2N3. The van der Waals surface area contributed by atoms with Gasteiger partial charge < -0.3 is 0 Å². The molecule has 0 spiro atoms. The first-order chi connectivity index (χ1) is 2.41. The maximum absolute atomic E-state index is 7.43. The van der Waals surface area contributed by atoms with Gasteiger partial charge in [-0.2, -0.15) is 10.5 Å². The highest BCUT2D eigenvalue weighted by Gasteiger charge is 1.59. The Morgan fingerprint density at radius 1 is 1.20 bits per heavy atom. The van der Waals surface area contributed by atoms with Crippen molar-refractivity contribution in [1.82, 2.24) is 5.32 Å². The first-order valence-electron chi connectivity index (χ1n) is 0.894. The molecule has 0 saturated carbocycles. The van der Waals surface area contributed by atoms with Crippen molar-refractivity contribution in [2.75, 3.05) is 0 Å². The van der Waals surface area contributed by atoms with Crippen LogP contribution in [0.25, 0.3) is 0 Å². The van der Waals surface area contributed by atoms with E-state index in [9.17, 15) is 0 Å². The van der Waals surface area contributed by atoms with Gasteiger partial charge in [-0.3, -0.25) is 0 Å². The number of hydrogen-bond donors (Lipinski definition) is 0. The molecule has 0 aliphatic carbocycles. The average Bonchev–Trinajstić information content (AvgIpc) is 1.41. The second-order valence-corrected chi connectivity index (χ2v) is 0.312. The fraction of sp³-hybridized carbons (Fsp3) is 0. The summed E-state index contributed by atoms with van der Waals surface area (Å²) in [4.78, 5) is 0. The summed E-state index contributed by atoms with van der Waals surface area (Å²) in [5, 5.41) is 17.4. The predicted molar refractivity (Wildman–Crippen MR) is 13.4 cm³/mol. The normalized spacial score (nSPS) is 3.60. The summed E-state index contributed by atoms with van der Waals surface area (Å²) in [6, 6.07) is 0. The van der Waals surface area contributed by atoms with E-state index < -0.39 is 0 Å². The molecule has 1 radical (unpaired) electrons. The van der Waals surface area contributed by atoms with E-state index in [4.69, 9.17) is 10.5 Å². The van der Waals surface area contributed by atoms with E-state index in [1.54, 1.807) is 0 Å². The Hall–Kier alpha value is -1.22. The monoisotopic (exact) mass is 66.0 g/mol. The molecule has 0 aliphatic heterocycles. The number of nitrogens with zero attached hydrogens (tertiary/aromatic N) is 3. The third-order valence-corrected chi connectivity index (χ3v) is 0.100. The van der Waals surface area contributed by atoms with Crippen LogP contribution in [-0.4, -0.2) is 0 Å². The van der Waals surface area contributed by atoms with E-state index in [-0.39, 0.29) is 0 Å². The second kappa shape index (κ2) is 2.78. The molecule has 0 heterocycles. The minimum absolute atomic E-state index is 1.28. The van der Waals surface area contributed by atoms with E-state index >= 15 is 0 Å². The van der Waals surface area contributed by atoms with E-state index in [1.807, 2.05) is 0 Å². The Morgan fingerprint density at radius 2 is 1.60 bits per heavy atom. The molecule has 0 rings (SSSR count). The van der Waals surface area contributed by atoms with Crippen LogP contribution < -0.4 is 5.32 Å². The summed E-state index contributed by atoms with van der Waals surface area (Å²) in [6.07, 6.45) is 2.56. The molecule has 0 aromatic rings. The van der Waals surface area contributed by atoms with Gasteiger partial charge in [-0.05, 0) is 0 Å². The SMILES string of the molecule is N#C[N]C#N. The molecule has 0 unspecified atom stereocenters. The Bertz CT molecular complexity index is 70.0. The van der Waals surface area contributed by atoms with Gasteiger partial charge in [0.15, 0.2) is 0 Å². The molecule has 0 fully saturated rings. The molecule has 3 heteroatoms. The highest BCUT2D eigenvalue weighted by Crippen LogP contribution is 1.35. The summed E-state index contributed by atoms with van der Waals surface area (Å²) >= 11 is 0. The highest BCUT2D eigenvalue weighted by atomic mass is 14.8. The third-order valence-electron chi connectivity index (χ3n) is 0.100. The fourth-order valence-corrected chi connectivity index (χ4v) is 0.0224. The molecular weight excluding hydrogens is 66.0 g/mol. The summed E-state index contributed by atoms with van der Waals surface area (Å²) in [5.41, 5.74) is 0. The topological polar surface area (TPSA) is 61.7 Å². The minimum atomic E-state index is 1.28. The lowest BCUT2D eigenvalue weighted by molar-refractivity contribution is 1.18. The highest BCUT2D eigenvalue weighted by molar-refractivity contribution is 4.76. The van der Waals surface area contributed by atoms with Crippen molar-refractivity contribution in [1.29, 1.82) is 10.5 Å². The zero-order valence-electron chi connectivity index (χ0n) is 2.34. The maximum atomic E-state index is 7.43. The standard InChI is InChI=1S/C2N3/c3-1-5-2-4. The number of rotatable bonds is 0. The zero-order chi connectivity index (χ0) is 4.12. The zero-order valence-corrected chi connectivity index (χ0v) is 2.34. The largest absolute Gasteiger partial charge is 0.217 e. The van der Waals surface area contributed by atoms with Crippen molar-refractivity contribution < 1.29 is 0 Å². The molecule has 0 atom stereocenters. The van der Waals surface area contributed by atoms with Gasteiger partial charge in [-0.1, -0.05) is 5.32 Å². The summed E-state index contributed by atoms with van der Waals surface area (Å²) in [7, 11) is 0. The van der Waals surface area contributed by atoms with Crippen LogP contribution in [0.5, 0.6) is 0 Å². The van der Waals surface area contributed by atoms with Crippen LogP contribution in [0.3, 0.4) is 0 Å². The molecule has 5 heavy (non-hydrogen) atoms.